The highest BCUT2D eigenvalue weighted by Gasteiger charge is 2.40. The number of methoxy groups -OCH3 is 1. The summed E-state index contributed by atoms with van der Waals surface area (Å²) in [6.45, 7) is 0.200. The summed E-state index contributed by atoms with van der Waals surface area (Å²) < 4.78 is 4.79. The third kappa shape index (κ3) is 4.04. The Morgan fingerprint density at radius 1 is 1.06 bits per heavy atom. The second-order valence-electron chi connectivity index (χ2n) is 8.29. The fourth-order valence-corrected chi connectivity index (χ4v) is 4.70. The van der Waals surface area contributed by atoms with Gasteiger partial charge in [-0.2, -0.15) is 0 Å². The van der Waals surface area contributed by atoms with E-state index < -0.39 is 11.9 Å². The normalized spacial score (nSPS) is 25.6. The standard InChI is InChI=1S/C22H25N3O6/c1-31-22(30)13-7-5-12(6-8-13)19(27)23-16-4-2-3-14-15(16)11-25(21(14)29)17-9-10-18(26)24-20(17)28/h2-4,12-13,17H,5-11H2,1H3,(H,23,27)(H,24,26,28). The van der Waals surface area contributed by atoms with E-state index in [9.17, 15) is 24.0 Å². The summed E-state index contributed by atoms with van der Waals surface area (Å²) in [5.74, 6) is -1.81. The van der Waals surface area contributed by atoms with Crippen LogP contribution in [0.2, 0.25) is 0 Å². The Morgan fingerprint density at radius 2 is 1.77 bits per heavy atom. The molecule has 0 radical (unpaired) electrons. The number of carbonyl (C=O) groups excluding carboxylic acids is 5. The van der Waals surface area contributed by atoms with Gasteiger partial charge in [0.2, 0.25) is 17.7 Å². The number of anilines is 1. The molecule has 1 aliphatic carbocycles. The number of nitrogens with zero attached hydrogens (tertiary/aromatic N) is 1. The lowest BCUT2D eigenvalue weighted by atomic mass is 9.81. The molecule has 1 saturated carbocycles. The molecule has 2 aliphatic heterocycles. The number of piperidine rings is 1. The molecule has 164 valence electrons. The molecule has 9 nitrogen and oxygen atoms in total. The Morgan fingerprint density at radius 3 is 2.45 bits per heavy atom. The molecule has 1 atom stereocenters. The summed E-state index contributed by atoms with van der Waals surface area (Å²) in [5.41, 5.74) is 1.69. The van der Waals surface area contributed by atoms with Crippen molar-refractivity contribution in [3.63, 3.8) is 0 Å². The van der Waals surface area contributed by atoms with Crippen LogP contribution in [0.5, 0.6) is 0 Å². The molecule has 3 aliphatic rings. The molecule has 2 fully saturated rings. The molecule has 1 aromatic carbocycles. The minimum atomic E-state index is -0.699. The monoisotopic (exact) mass is 427 g/mol. The van der Waals surface area contributed by atoms with Crippen LogP contribution in [0, 0.1) is 11.8 Å². The second kappa shape index (κ2) is 8.49. The Labute approximate surface area is 179 Å². The first kappa shape index (κ1) is 21.0. The fourth-order valence-electron chi connectivity index (χ4n) is 4.70. The zero-order valence-corrected chi connectivity index (χ0v) is 17.3. The molecule has 0 spiro atoms. The third-order valence-corrected chi connectivity index (χ3v) is 6.47. The third-order valence-electron chi connectivity index (χ3n) is 6.47. The van der Waals surface area contributed by atoms with E-state index in [1.54, 1.807) is 18.2 Å². The first-order valence-electron chi connectivity index (χ1n) is 10.5. The van der Waals surface area contributed by atoms with E-state index >= 15 is 0 Å². The maximum atomic E-state index is 12.9. The Hall–Kier alpha value is -3.23. The summed E-state index contributed by atoms with van der Waals surface area (Å²) in [7, 11) is 1.37. The molecular weight excluding hydrogens is 402 g/mol. The van der Waals surface area contributed by atoms with E-state index in [0.29, 0.717) is 42.5 Å². The molecule has 2 N–H and O–H groups in total. The zero-order chi connectivity index (χ0) is 22.1. The number of hydrogen-bond donors (Lipinski definition) is 2. The number of amides is 4. The van der Waals surface area contributed by atoms with E-state index in [1.165, 1.54) is 12.0 Å². The number of hydrogen-bond acceptors (Lipinski definition) is 6. The molecule has 1 aromatic rings. The van der Waals surface area contributed by atoms with Gasteiger partial charge < -0.3 is 15.0 Å². The van der Waals surface area contributed by atoms with Crippen LogP contribution in [0.25, 0.3) is 0 Å². The summed E-state index contributed by atoms with van der Waals surface area (Å²) in [5, 5.41) is 5.23. The first-order valence-corrected chi connectivity index (χ1v) is 10.5. The highest BCUT2D eigenvalue weighted by molar-refractivity contribution is 6.06. The molecule has 2 heterocycles. The van der Waals surface area contributed by atoms with Crippen LogP contribution in [0.15, 0.2) is 18.2 Å². The average molecular weight is 427 g/mol. The lowest BCUT2D eigenvalue weighted by Crippen LogP contribution is -2.52. The predicted molar refractivity (Wildman–Crippen MR) is 109 cm³/mol. The molecule has 9 heteroatoms. The molecule has 1 saturated heterocycles. The van der Waals surface area contributed by atoms with Crippen LogP contribution in [0.1, 0.15) is 54.4 Å². The van der Waals surface area contributed by atoms with Crippen LogP contribution in [-0.2, 0) is 30.5 Å². The van der Waals surface area contributed by atoms with Gasteiger partial charge in [-0.25, -0.2) is 0 Å². The van der Waals surface area contributed by atoms with Gasteiger partial charge in [-0.15, -0.1) is 0 Å². The maximum absolute atomic E-state index is 12.9. The number of ether oxygens (including phenoxy) is 1. The molecule has 31 heavy (non-hydrogen) atoms. The highest BCUT2D eigenvalue weighted by atomic mass is 16.5. The minimum absolute atomic E-state index is 0.136. The van der Waals surface area contributed by atoms with Gasteiger partial charge in [-0.05, 0) is 44.2 Å². The predicted octanol–water partition coefficient (Wildman–Crippen LogP) is 1.37. The summed E-state index contributed by atoms with van der Waals surface area (Å²) in [6.07, 6.45) is 2.90. The average Bonchev–Trinajstić information content (AvgIpc) is 3.10. The Kier molecular flexibility index (Phi) is 5.75. The van der Waals surface area contributed by atoms with Gasteiger partial charge in [-0.1, -0.05) is 6.07 Å². The summed E-state index contributed by atoms with van der Waals surface area (Å²) in [4.78, 5) is 62.5. The second-order valence-corrected chi connectivity index (χ2v) is 8.29. The largest absolute Gasteiger partial charge is 0.469 e. The molecule has 0 aromatic heterocycles. The smallest absolute Gasteiger partial charge is 0.308 e. The number of benzene rings is 1. The topological polar surface area (TPSA) is 122 Å². The molecular formula is C22H25N3O6. The minimum Gasteiger partial charge on any atom is -0.469 e. The maximum Gasteiger partial charge on any atom is 0.308 e. The van der Waals surface area contributed by atoms with E-state index in [-0.39, 0.29) is 54.9 Å². The van der Waals surface area contributed by atoms with Gasteiger partial charge in [-0.3, -0.25) is 29.3 Å². The number of fused-ring (bicyclic) bond motifs is 1. The van der Waals surface area contributed by atoms with E-state index in [1.807, 2.05) is 0 Å². The van der Waals surface area contributed by atoms with Gasteiger partial charge in [0.25, 0.3) is 5.91 Å². The van der Waals surface area contributed by atoms with Gasteiger partial charge in [0.15, 0.2) is 0 Å². The van der Waals surface area contributed by atoms with Crippen molar-refractivity contribution < 1.29 is 28.7 Å². The highest BCUT2D eigenvalue weighted by Crippen LogP contribution is 2.34. The molecule has 0 bridgehead atoms. The Balaban J connectivity index is 1.44. The van der Waals surface area contributed by atoms with Crippen molar-refractivity contribution in [2.75, 3.05) is 12.4 Å². The zero-order valence-electron chi connectivity index (χ0n) is 17.3. The lowest BCUT2D eigenvalue weighted by molar-refractivity contribution is -0.147. The number of imide groups is 1. The van der Waals surface area contributed by atoms with Crippen molar-refractivity contribution in [1.82, 2.24) is 10.2 Å². The van der Waals surface area contributed by atoms with Crippen molar-refractivity contribution in [2.24, 2.45) is 11.8 Å². The van der Waals surface area contributed by atoms with Crippen molar-refractivity contribution >= 4 is 35.3 Å². The van der Waals surface area contributed by atoms with Crippen LogP contribution >= 0.6 is 0 Å². The Bertz CT molecular complexity index is 951. The summed E-state index contributed by atoms with van der Waals surface area (Å²) in [6, 6.07) is 4.43. The van der Waals surface area contributed by atoms with E-state index in [2.05, 4.69) is 10.6 Å². The van der Waals surface area contributed by atoms with Crippen molar-refractivity contribution in [3.8, 4) is 0 Å². The number of esters is 1. The lowest BCUT2D eigenvalue weighted by Gasteiger charge is -2.29. The number of nitrogens with one attached hydrogen (secondary N) is 2. The molecule has 1 unspecified atom stereocenters. The van der Waals surface area contributed by atoms with Crippen LogP contribution in [0.4, 0.5) is 5.69 Å². The number of rotatable bonds is 4. The van der Waals surface area contributed by atoms with Crippen LogP contribution in [0.3, 0.4) is 0 Å². The van der Waals surface area contributed by atoms with Gasteiger partial charge >= 0.3 is 5.97 Å². The van der Waals surface area contributed by atoms with Crippen LogP contribution < -0.4 is 10.6 Å². The first-order chi connectivity index (χ1) is 14.9. The van der Waals surface area contributed by atoms with Crippen LogP contribution in [-0.4, -0.2) is 47.6 Å². The summed E-state index contributed by atoms with van der Waals surface area (Å²) >= 11 is 0. The number of carbonyl (C=O) groups is 5. The van der Waals surface area contributed by atoms with Gasteiger partial charge in [0, 0.05) is 35.7 Å². The van der Waals surface area contributed by atoms with Gasteiger partial charge in [0.1, 0.15) is 6.04 Å². The van der Waals surface area contributed by atoms with E-state index in [4.69, 9.17) is 4.74 Å². The van der Waals surface area contributed by atoms with Gasteiger partial charge in [0.05, 0.1) is 13.0 Å². The van der Waals surface area contributed by atoms with Crippen molar-refractivity contribution in [1.29, 1.82) is 0 Å². The van der Waals surface area contributed by atoms with Crippen molar-refractivity contribution in [3.05, 3.63) is 29.3 Å². The SMILES string of the molecule is COC(=O)C1CCC(C(=O)Nc2cccc3c2CN(C2CCC(=O)NC2=O)C3=O)CC1. The van der Waals surface area contributed by atoms with E-state index in [0.717, 1.165) is 0 Å². The molecule has 4 amide bonds. The molecule has 4 rings (SSSR count). The quantitative estimate of drug-likeness (QED) is 0.553. The fraction of sp³-hybridized carbons (Fsp3) is 0.500. The van der Waals surface area contributed by atoms with Crippen molar-refractivity contribution in [2.45, 2.75) is 51.1 Å².